The molecule has 3 nitrogen and oxygen atoms in total. The number of aryl methyl sites for hydroxylation is 1. The van der Waals surface area contributed by atoms with Gasteiger partial charge in [0, 0.05) is 18.5 Å². The maximum atomic E-state index is 12.4. The Labute approximate surface area is 157 Å². The number of carbonyl (C=O) groups is 1. The summed E-state index contributed by atoms with van der Waals surface area (Å²) in [6, 6.07) is 21.4. The van der Waals surface area contributed by atoms with Crippen LogP contribution in [0.5, 0.6) is 0 Å². The number of hydrogen-bond donors (Lipinski definition) is 1. The molecule has 0 unspecified atom stereocenters. The van der Waals surface area contributed by atoms with Gasteiger partial charge in [-0.05, 0) is 56.8 Å². The third-order valence-electron chi connectivity index (χ3n) is 5.53. The van der Waals surface area contributed by atoms with Crippen molar-refractivity contribution in [3.05, 3.63) is 71.8 Å². The van der Waals surface area contributed by atoms with Crippen LogP contribution in [0.15, 0.2) is 60.7 Å². The minimum Gasteiger partial charge on any atom is -0.352 e. The molecule has 1 aliphatic heterocycles. The highest BCUT2D eigenvalue weighted by Crippen LogP contribution is 2.21. The number of amides is 1. The highest BCUT2D eigenvalue weighted by atomic mass is 16.1. The van der Waals surface area contributed by atoms with Gasteiger partial charge < -0.3 is 10.2 Å². The average molecular weight is 351 g/mol. The van der Waals surface area contributed by atoms with Crippen molar-refractivity contribution < 1.29 is 4.79 Å². The molecule has 0 radical (unpaired) electrons. The fourth-order valence-electron chi connectivity index (χ4n) is 3.73. The molecular formula is C23H30N2O. The summed E-state index contributed by atoms with van der Waals surface area (Å²) in [6.45, 7) is 5.00. The highest BCUT2D eigenvalue weighted by Gasteiger charge is 2.26. The highest BCUT2D eigenvalue weighted by molar-refractivity contribution is 5.78. The van der Waals surface area contributed by atoms with Gasteiger partial charge in [0.25, 0.3) is 0 Å². The number of piperidine rings is 1. The quantitative estimate of drug-likeness (QED) is 0.817. The van der Waals surface area contributed by atoms with Gasteiger partial charge >= 0.3 is 0 Å². The number of carbonyl (C=O) groups excluding carboxylic acids is 1. The normalized spacial score (nSPS) is 17.0. The minimum absolute atomic E-state index is 0.163. The summed E-state index contributed by atoms with van der Waals surface area (Å²) >= 11 is 0. The van der Waals surface area contributed by atoms with Crippen LogP contribution in [0.4, 0.5) is 0 Å². The molecule has 0 aromatic heterocycles. The Bertz CT molecular complexity index is 663. The van der Waals surface area contributed by atoms with Crippen molar-refractivity contribution in [1.82, 2.24) is 10.2 Å². The molecule has 1 atom stereocenters. The first kappa shape index (κ1) is 18.7. The fourth-order valence-corrected chi connectivity index (χ4v) is 3.73. The second kappa shape index (κ2) is 9.54. The van der Waals surface area contributed by atoms with E-state index in [2.05, 4.69) is 59.6 Å². The molecule has 1 fully saturated rings. The van der Waals surface area contributed by atoms with E-state index < -0.39 is 0 Å². The smallest absolute Gasteiger partial charge is 0.223 e. The lowest BCUT2D eigenvalue weighted by atomic mass is 9.94. The maximum Gasteiger partial charge on any atom is 0.223 e. The van der Waals surface area contributed by atoms with Crippen LogP contribution in [0.2, 0.25) is 0 Å². The summed E-state index contributed by atoms with van der Waals surface area (Å²) in [5.74, 6) is 0.377. The van der Waals surface area contributed by atoms with E-state index in [0.29, 0.717) is 12.6 Å². The van der Waals surface area contributed by atoms with Crippen molar-refractivity contribution in [2.24, 2.45) is 5.92 Å². The monoisotopic (exact) mass is 350 g/mol. The van der Waals surface area contributed by atoms with E-state index in [0.717, 1.165) is 37.9 Å². The Morgan fingerprint density at radius 3 is 2.19 bits per heavy atom. The van der Waals surface area contributed by atoms with Gasteiger partial charge in [0.1, 0.15) is 0 Å². The van der Waals surface area contributed by atoms with Gasteiger partial charge in [-0.1, -0.05) is 60.7 Å². The molecule has 1 aliphatic rings. The average Bonchev–Trinajstić information content (AvgIpc) is 2.72. The van der Waals surface area contributed by atoms with Crippen molar-refractivity contribution in [3.8, 4) is 0 Å². The zero-order valence-electron chi connectivity index (χ0n) is 15.7. The first-order chi connectivity index (χ1) is 12.7. The van der Waals surface area contributed by atoms with Crippen LogP contribution in [-0.4, -0.2) is 29.9 Å². The lowest BCUT2D eigenvalue weighted by Gasteiger charge is -2.35. The Morgan fingerprint density at radius 1 is 1.00 bits per heavy atom. The van der Waals surface area contributed by atoms with Crippen molar-refractivity contribution in [2.75, 3.05) is 13.1 Å². The minimum atomic E-state index is 0.163. The van der Waals surface area contributed by atoms with E-state index in [1.807, 2.05) is 18.2 Å². The standard InChI is InChI=1S/C23H30N2O/c1-19(12-13-20-8-4-2-5-9-20)25-16-14-22(15-17-25)23(26)24-18-21-10-6-3-7-11-21/h2-11,19,22H,12-18H2,1H3,(H,24,26)/t19-/m1/s1. The topological polar surface area (TPSA) is 32.3 Å². The van der Waals surface area contributed by atoms with E-state index in [9.17, 15) is 4.79 Å². The molecule has 26 heavy (non-hydrogen) atoms. The van der Waals surface area contributed by atoms with E-state index in [4.69, 9.17) is 0 Å². The second-order valence-electron chi connectivity index (χ2n) is 7.39. The van der Waals surface area contributed by atoms with Crippen LogP contribution in [0, 0.1) is 5.92 Å². The molecule has 1 heterocycles. The lowest BCUT2D eigenvalue weighted by Crippen LogP contribution is -2.44. The number of likely N-dealkylation sites (tertiary alicyclic amines) is 1. The molecule has 3 rings (SSSR count). The zero-order valence-corrected chi connectivity index (χ0v) is 15.7. The largest absolute Gasteiger partial charge is 0.352 e. The van der Waals surface area contributed by atoms with E-state index >= 15 is 0 Å². The van der Waals surface area contributed by atoms with Gasteiger partial charge in [-0.15, -0.1) is 0 Å². The Hall–Kier alpha value is -2.13. The molecule has 0 aliphatic carbocycles. The number of nitrogens with one attached hydrogen (secondary N) is 1. The van der Waals surface area contributed by atoms with Crippen molar-refractivity contribution in [2.45, 2.75) is 45.2 Å². The van der Waals surface area contributed by atoms with Crippen LogP contribution in [0.3, 0.4) is 0 Å². The maximum absolute atomic E-state index is 12.4. The Morgan fingerprint density at radius 2 is 1.58 bits per heavy atom. The van der Waals surface area contributed by atoms with Crippen molar-refractivity contribution in [1.29, 1.82) is 0 Å². The van der Waals surface area contributed by atoms with E-state index in [-0.39, 0.29) is 11.8 Å². The van der Waals surface area contributed by atoms with Crippen LogP contribution < -0.4 is 5.32 Å². The summed E-state index contributed by atoms with van der Waals surface area (Å²) in [6.07, 6.45) is 4.24. The molecule has 0 spiro atoms. The number of hydrogen-bond acceptors (Lipinski definition) is 2. The van der Waals surface area contributed by atoms with E-state index in [1.165, 1.54) is 12.0 Å². The lowest BCUT2D eigenvalue weighted by molar-refractivity contribution is -0.126. The second-order valence-corrected chi connectivity index (χ2v) is 7.39. The molecule has 2 aromatic rings. The molecule has 2 aromatic carbocycles. The van der Waals surface area contributed by atoms with Crippen LogP contribution in [-0.2, 0) is 17.8 Å². The van der Waals surface area contributed by atoms with Crippen LogP contribution >= 0.6 is 0 Å². The van der Waals surface area contributed by atoms with Gasteiger partial charge in [0.05, 0.1) is 0 Å². The molecule has 1 saturated heterocycles. The van der Waals surface area contributed by atoms with Gasteiger partial charge in [-0.3, -0.25) is 4.79 Å². The SMILES string of the molecule is C[C@H](CCc1ccccc1)N1CCC(C(=O)NCc2ccccc2)CC1. The van der Waals surface area contributed by atoms with Gasteiger partial charge in [0.15, 0.2) is 0 Å². The molecule has 3 heteroatoms. The van der Waals surface area contributed by atoms with Crippen LogP contribution in [0.1, 0.15) is 37.3 Å². The van der Waals surface area contributed by atoms with E-state index in [1.54, 1.807) is 0 Å². The summed E-state index contributed by atoms with van der Waals surface area (Å²) in [7, 11) is 0. The Kier molecular flexibility index (Phi) is 6.84. The zero-order chi connectivity index (χ0) is 18.2. The molecule has 0 bridgehead atoms. The van der Waals surface area contributed by atoms with Gasteiger partial charge in [-0.2, -0.15) is 0 Å². The summed E-state index contributed by atoms with van der Waals surface area (Å²) in [5, 5.41) is 3.10. The molecular weight excluding hydrogens is 320 g/mol. The third kappa shape index (κ3) is 5.43. The molecule has 1 N–H and O–H groups in total. The van der Waals surface area contributed by atoms with Gasteiger partial charge in [-0.25, -0.2) is 0 Å². The fraction of sp³-hybridized carbons (Fsp3) is 0.435. The van der Waals surface area contributed by atoms with Crippen molar-refractivity contribution in [3.63, 3.8) is 0 Å². The predicted octanol–water partition coefficient (Wildman–Crippen LogP) is 4.04. The number of nitrogens with zero attached hydrogens (tertiary/aromatic N) is 1. The van der Waals surface area contributed by atoms with Crippen LogP contribution in [0.25, 0.3) is 0 Å². The first-order valence-electron chi connectivity index (χ1n) is 9.82. The predicted molar refractivity (Wildman–Crippen MR) is 107 cm³/mol. The third-order valence-corrected chi connectivity index (χ3v) is 5.53. The number of rotatable bonds is 7. The van der Waals surface area contributed by atoms with Gasteiger partial charge in [0.2, 0.25) is 5.91 Å². The Balaban J connectivity index is 1.38. The summed E-state index contributed by atoms with van der Waals surface area (Å²) in [5.41, 5.74) is 2.57. The molecule has 138 valence electrons. The number of benzene rings is 2. The molecule has 1 amide bonds. The molecule has 0 saturated carbocycles. The van der Waals surface area contributed by atoms with Crippen molar-refractivity contribution >= 4 is 5.91 Å². The first-order valence-corrected chi connectivity index (χ1v) is 9.82. The summed E-state index contributed by atoms with van der Waals surface area (Å²) < 4.78 is 0. The summed E-state index contributed by atoms with van der Waals surface area (Å²) in [4.78, 5) is 15.0.